The molecular weight excluding hydrogens is 224 g/mol. The van der Waals surface area contributed by atoms with Crippen LogP contribution in [0.5, 0.6) is 0 Å². The van der Waals surface area contributed by atoms with E-state index in [1.807, 2.05) is 12.3 Å². The molecule has 0 saturated carbocycles. The van der Waals surface area contributed by atoms with E-state index in [1.54, 1.807) is 23.0 Å². The molecule has 0 saturated heterocycles. The van der Waals surface area contributed by atoms with E-state index in [2.05, 4.69) is 10.3 Å². The highest BCUT2D eigenvalue weighted by Gasteiger charge is 2.12. The second kappa shape index (κ2) is 4.36. The summed E-state index contributed by atoms with van der Waals surface area (Å²) in [5, 5.41) is 5.12. The van der Waals surface area contributed by atoms with Gasteiger partial charge in [-0.15, -0.1) is 11.3 Å². The Morgan fingerprint density at radius 3 is 3.12 bits per heavy atom. The quantitative estimate of drug-likeness (QED) is 0.853. The molecule has 0 aliphatic heterocycles. The predicted molar refractivity (Wildman–Crippen MR) is 64.6 cm³/mol. The molecule has 5 nitrogen and oxygen atoms in total. The monoisotopic (exact) mass is 236 g/mol. The lowest BCUT2D eigenvalue weighted by Gasteiger charge is -2.04. The number of nitrogen functional groups attached to an aromatic ring is 1. The summed E-state index contributed by atoms with van der Waals surface area (Å²) in [4.78, 5) is 15.9. The fourth-order valence-corrected chi connectivity index (χ4v) is 1.96. The highest BCUT2D eigenvalue weighted by atomic mass is 32.1. The topological polar surface area (TPSA) is 72.9 Å². The molecule has 0 spiro atoms. The van der Waals surface area contributed by atoms with Crippen molar-refractivity contribution in [2.75, 3.05) is 11.1 Å². The normalized spacial score (nSPS) is 10.3. The van der Waals surface area contributed by atoms with Crippen molar-refractivity contribution < 1.29 is 4.79 Å². The average molecular weight is 236 g/mol. The number of aryl methyl sites for hydroxylation is 1. The summed E-state index contributed by atoms with van der Waals surface area (Å²) in [5.74, 6) is -0.187. The lowest BCUT2D eigenvalue weighted by atomic mass is 10.4. The zero-order chi connectivity index (χ0) is 11.5. The molecule has 3 N–H and O–H groups in total. The van der Waals surface area contributed by atoms with Crippen molar-refractivity contribution in [2.45, 2.75) is 13.5 Å². The first-order valence-corrected chi connectivity index (χ1v) is 5.75. The minimum absolute atomic E-state index is 0.187. The van der Waals surface area contributed by atoms with Gasteiger partial charge < -0.3 is 10.3 Å². The van der Waals surface area contributed by atoms with Crippen molar-refractivity contribution in [1.29, 1.82) is 0 Å². The van der Waals surface area contributed by atoms with Crippen LogP contribution in [0.2, 0.25) is 0 Å². The van der Waals surface area contributed by atoms with Crippen LogP contribution in [0, 0.1) is 0 Å². The third kappa shape index (κ3) is 2.06. The summed E-state index contributed by atoms with van der Waals surface area (Å²) in [6.45, 7) is 2.66. The molecule has 1 amide bonds. The molecular formula is C10H12N4OS. The maximum atomic E-state index is 11.9. The van der Waals surface area contributed by atoms with Crippen LogP contribution in [0.25, 0.3) is 0 Å². The number of hydrogen-bond acceptors (Lipinski definition) is 4. The van der Waals surface area contributed by atoms with Crippen LogP contribution < -0.4 is 11.1 Å². The number of carbonyl (C=O) groups excluding carboxylic acids is 1. The van der Waals surface area contributed by atoms with Gasteiger partial charge in [-0.25, -0.2) is 4.98 Å². The molecule has 2 rings (SSSR count). The SMILES string of the molecule is CCn1cc(N)cc1C(=O)Nc1nccs1. The summed E-state index contributed by atoms with van der Waals surface area (Å²) in [6.07, 6.45) is 3.39. The van der Waals surface area contributed by atoms with Gasteiger partial charge in [-0.1, -0.05) is 0 Å². The van der Waals surface area contributed by atoms with Crippen LogP contribution in [-0.4, -0.2) is 15.5 Å². The van der Waals surface area contributed by atoms with Crippen LogP contribution in [-0.2, 0) is 6.54 Å². The van der Waals surface area contributed by atoms with E-state index in [0.29, 0.717) is 23.1 Å². The second-order valence-electron chi connectivity index (χ2n) is 3.24. The summed E-state index contributed by atoms with van der Waals surface area (Å²) in [5.41, 5.74) is 6.79. The van der Waals surface area contributed by atoms with E-state index in [9.17, 15) is 4.79 Å². The second-order valence-corrected chi connectivity index (χ2v) is 4.13. The van der Waals surface area contributed by atoms with Crippen LogP contribution in [0.3, 0.4) is 0 Å². The fraction of sp³-hybridized carbons (Fsp3) is 0.200. The van der Waals surface area contributed by atoms with E-state index < -0.39 is 0 Å². The minimum atomic E-state index is -0.187. The van der Waals surface area contributed by atoms with Gasteiger partial charge in [0.1, 0.15) is 5.69 Å². The third-order valence-electron chi connectivity index (χ3n) is 2.14. The number of nitrogens with two attached hydrogens (primary N) is 1. The van der Waals surface area contributed by atoms with Gasteiger partial charge in [-0.05, 0) is 13.0 Å². The van der Waals surface area contributed by atoms with Gasteiger partial charge in [0, 0.05) is 24.3 Å². The molecule has 2 heterocycles. The predicted octanol–water partition coefficient (Wildman–Crippen LogP) is 1.80. The average Bonchev–Trinajstić information content (AvgIpc) is 2.86. The molecule has 0 bridgehead atoms. The number of rotatable bonds is 3. The Bertz CT molecular complexity index is 489. The molecule has 0 aliphatic rings. The van der Waals surface area contributed by atoms with Crippen LogP contribution >= 0.6 is 11.3 Å². The fourth-order valence-electron chi connectivity index (χ4n) is 1.43. The number of thiazole rings is 1. The first-order valence-electron chi connectivity index (χ1n) is 4.87. The van der Waals surface area contributed by atoms with Crippen LogP contribution in [0.15, 0.2) is 23.8 Å². The van der Waals surface area contributed by atoms with Crippen molar-refractivity contribution in [1.82, 2.24) is 9.55 Å². The van der Waals surface area contributed by atoms with Crippen LogP contribution in [0.4, 0.5) is 10.8 Å². The van der Waals surface area contributed by atoms with Crippen molar-refractivity contribution in [2.24, 2.45) is 0 Å². The number of anilines is 2. The lowest BCUT2D eigenvalue weighted by Crippen LogP contribution is -2.16. The number of hydrogen-bond donors (Lipinski definition) is 2. The summed E-state index contributed by atoms with van der Waals surface area (Å²) in [6, 6.07) is 1.66. The zero-order valence-electron chi connectivity index (χ0n) is 8.80. The molecule has 2 aromatic heterocycles. The van der Waals surface area contributed by atoms with E-state index in [-0.39, 0.29) is 5.91 Å². The number of carbonyl (C=O) groups is 1. The Kier molecular flexibility index (Phi) is 2.91. The molecule has 0 fully saturated rings. The van der Waals surface area contributed by atoms with Gasteiger partial charge in [-0.2, -0.15) is 0 Å². The number of nitrogens with zero attached hydrogens (tertiary/aromatic N) is 2. The van der Waals surface area contributed by atoms with Gasteiger partial charge in [-0.3, -0.25) is 10.1 Å². The molecule has 16 heavy (non-hydrogen) atoms. The Balaban J connectivity index is 2.20. The molecule has 0 radical (unpaired) electrons. The first kappa shape index (κ1) is 10.7. The third-order valence-corrected chi connectivity index (χ3v) is 2.83. The molecule has 0 aliphatic carbocycles. The lowest BCUT2D eigenvalue weighted by molar-refractivity contribution is 0.101. The maximum absolute atomic E-state index is 11.9. The smallest absolute Gasteiger partial charge is 0.274 e. The van der Waals surface area contributed by atoms with E-state index >= 15 is 0 Å². The molecule has 0 aromatic carbocycles. The summed E-state index contributed by atoms with van der Waals surface area (Å²) in [7, 11) is 0. The molecule has 6 heteroatoms. The van der Waals surface area contributed by atoms with Gasteiger partial charge in [0.25, 0.3) is 5.91 Å². The molecule has 0 unspecified atom stereocenters. The van der Waals surface area contributed by atoms with Gasteiger partial charge in [0.15, 0.2) is 5.13 Å². The minimum Gasteiger partial charge on any atom is -0.397 e. The van der Waals surface area contributed by atoms with Gasteiger partial charge >= 0.3 is 0 Å². The van der Waals surface area contributed by atoms with E-state index in [4.69, 9.17) is 5.73 Å². The first-order chi connectivity index (χ1) is 7.70. The molecule has 2 aromatic rings. The summed E-state index contributed by atoms with van der Waals surface area (Å²) < 4.78 is 1.80. The molecule has 0 atom stereocenters. The van der Waals surface area contributed by atoms with Crippen molar-refractivity contribution in [3.8, 4) is 0 Å². The maximum Gasteiger partial charge on any atom is 0.274 e. The highest BCUT2D eigenvalue weighted by molar-refractivity contribution is 7.13. The van der Waals surface area contributed by atoms with Crippen molar-refractivity contribution in [3.63, 3.8) is 0 Å². The van der Waals surface area contributed by atoms with E-state index in [1.165, 1.54) is 11.3 Å². The van der Waals surface area contributed by atoms with Crippen molar-refractivity contribution >= 4 is 28.1 Å². The number of amides is 1. The number of aromatic nitrogens is 2. The zero-order valence-corrected chi connectivity index (χ0v) is 9.62. The Labute approximate surface area is 96.9 Å². The highest BCUT2D eigenvalue weighted by Crippen LogP contribution is 2.15. The van der Waals surface area contributed by atoms with Crippen LogP contribution in [0.1, 0.15) is 17.4 Å². The van der Waals surface area contributed by atoms with Gasteiger partial charge in [0.2, 0.25) is 0 Å². The Morgan fingerprint density at radius 1 is 1.69 bits per heavy atom. The van der Waals surface area contributed by atoms with Crippen molar-refractivity contribution in [3.05, 3.63) is 29.5 Å². The Hall–Kier alpha value is -1.82. The number of nitrogens with one attached hydrogen (secondary N) is 1. The standard InChI is InChI=1S/C10H12N4OS/c1-2-14-6-7(11)5-8(14)9(15)13-10-12-3-4-16-10/h3-6H,2,11H2,1H3,(H,12,13,15). The van der Waals surface area contributed by atoms with Gasteiger partial charge in [0.05, 0.1) is 5.69 Å². The Morgan fingerprint density at radius 2 is 2.50 bits per heavy atom. The largest absolute Gasteiger partial charge is 0.397 e. The molecule has 84 valence electrons. The summed E-state index contributed by atoms with van der Waals surface area (Å²) >= 11 is 1.38. The van der Waals surface area contributed by atoms with E-state index in [0.717, 1.165) is 0 Å².